The Morgan fingerprint density at radius 2 is 1.67 bits per heavy atom. The molecule has 1 aliphatic heterocycles. The van der Waals surface area contributed by atoms with Crippen LogP contribution < -0.4 is 15.4 Å². The molecule has 0 radical (unpaired) electrons. The molecule has 1 aromatic rings. The minimum absolute atomic E-state index is 0.117. The topological polar surface area (TPSA) is 75.4 Å². The van der Waals surface area contributed by atoms with E-state index in [9.17, 15) is 8.42 Å². The van der Waals surface area contributed by atoms with Crippen molar-refractivity contribution in [1.29, 1.82) is 0 Å². The number of hydrogen-bond donors (Lipinski definition) is 2. The lowest BCUT2D eigenvalue weighted by Crippen LogP contribution is -2.70. The normalized spacial score (nSPS) is 18.1. The highest BCUT2D eigenvalue weighted by molar-refractivity contribution is 7.89. The zero-order valence-corrected chi connectivity index (χ0v) is 13.9. The molecule has 6 heteroatoms. The van der Waals surface area contributed by atoms with Crippen LogP contribution in [0.1, 0.15) is 27.7 Å². The van der Waals surface area contributed by atoms with Crippen molar-refractivity contribution in [2.45, 2.75) is 44.2 Å². The molecular formula is C15H25N3O2S. The molecular weight excluding hydrogens is 286 g/mol. The van der Waals surface area contributed by atoms with Crippen LogP contribution in [0.25, 0.3) is 0 Å². The molecule has 0 amide bonds. The van der Waals surface area contributed by atoms with E-state index in [2.05, 4.69) is 23.5 Å². The summed E-state index contributed by atoms with van der Waals surface area (Å²) in [6.07, 6.45) is 0. The molecule has 0 saturated carbocycles. The summed E-state index contributed by atoms with van der Waals surface area (Å²) >= 11 is 0. The van der Waals surface area contributed by atoms with Crippen LogP contribution >= 0.6 is 0 Å². The van der Waals surface area contributed by atoms with E-state index in [4.69, 9.17) is 5.73 Å². The smallest absolute Gasteiger partial charge is 0.240 e. The first kappa shape index (κ1) is 16.3. The third-order valence-corrected chi connectivity index (χ3v) is 5.70. The molecule has 5 nitrogen and oxygen atoms in total. The van der Waals surface area contributed by atoms with Gasteiger partial charge in [0.1, 0.15) is 0 Å². The molecule has 2 rings (SSSR count). The maximum Gasteiger partial charge on any atom is 0.240 e. The summed E-state index contributed by atoms with van der Waals surface area (Å²) in [4.78, 5) is 2.47. The van der Waals surface area contributed by atoms with E-state index in [-0.39, 0.29) is 11.6 Å². The molecule has 0 atom stereocenters. The van der Waals surface area contributed by atoms with Crippen LogP contribution in [0, 0.1) is 5.92 Å². The zero-order chi connectivity index (χ0) is 15.8. The third kappa shape index (κ3) is 3.39. The van der Waals surface area contributed by atoms with Crippen molar-refractivity contribution in [3.63, 3.8) is 0 Å². The largest absolute Gasteiger partial charge is 0.368 e. The Bertz CT molecular complexity index is 588. The fourth-order valence-electron chi connectivity index (χ4n) is 2.43. The average molecular weight is 311 g/mol. The molecule has 0 bridgehead atoms. The minimum atomic E-state index is -3.42. The zero-order valence-electron chi connectivity index (χ0n) is 13.1. The molecule has 1 aromatic carbocycles. The standard InChI is InChI=1S/C15H25N3O2S/c1-11(2)15(16)9-18(10-15)13-5-7-14(8-6-13)21(19,20)17-12(3)4/h5-8,11-12,17H,9-10,16H2,1-4H3. The van der Waals surface area contributed by atoms with E-state index in [0.717, 1.165) is 18.8 Å². The lowest BCUT2D eigenvalue weighted by molar-refractivity contribution is 0.245. The number of benzene rings is 1. The van der Waals surface area contributed by atoms with Gasteiger partial charge in [-0.1, -0.05) is 13.8 Å². The lowest BCUT2D eigenvalue weighted by atomic mass is 9.80. The molecule has 0 spiro atoms. The van der Waals surface area contributed by atoms with Gasteiger partial charge in [0.2, 0.25) is 10.0 Å². The quantitative estimate of drug-likeness (QED) is 0.865. The Balaban J connectivity index is 2.08. The third-order valence-electron chi connectivity index (χ3n) is 4.02. The van der Waals surface area contributed by atoms with Gasteiger partial charge in [-0.15, -0.1) is 0 Å². The van der Waals surface area contributed by atoms with Gasteiger partial charge in [-0.2, -0.15) is 0 Å². The van der Waals surface area contributed by atoms with Crippen molar-refractivity contribution in [1.82, 2.24) is 4.72 Å². The van der Waals surface area contributed by atoms with Crippen molar-refractivity contribution in [3.05, 3.63) is 24.3 Å². The van der Waals surface area contributed by atoms with Gasteiger partial charge in [0, 0.05) is 24.8 Å². The number of nitrogens with one attached hydrogen (secondary N) is 1. The summed E-state index contributed by atoms with van der Waals surface area (Å²) in [6, 6.07) is 6.86. The fraction of sp³-hybridized carbons (Fsp3) is 0.600. The van der Waals surface area contributed by atoms with Gasteiger partial charge < -0.3 is 10.6 Å². The van der Waals surface area contributed by atoms with E-state index < -0.39 is 10.0 Å². The molecule has 0 aliphatic carbocycles. The second kappa shape index (κ2) is 5.59. The summed E-state index contributed by atoms with van der Waals surface area (Å²) in [7, 11) is -3.42. The predicted octanol–water partition coefficient (Wildman–Crippen LogP) is 1.55. The van der Waals surface area contributed by atoms with E-state index in [1.165, 1.54) is 0 Å². The van der Waals surface area contributed by atoms with E-state index >= 15 is 0 Å². The van der Waals surface area contributed by atoms with Crippen LogP contribution in [0.3, 0.4) is 0 Å². The SMILES string of the molecule is CC(C)NS(=O)(=O)c1ccc(N2CC(N)(C(C)C)C2)cc1. The second-order valence-electron chi connectivity index (χ2n) is 6.51. The van der Waals surface area contributed by atoms with E-state index in [1.807, 2.05) is 12.1 Å². The fourth-order valence-corrected chi connectivity index (χ4v) is 3.68. The second-order valence-corrected chi connectivity index (χ2v) is 8.23. The summed E-state index contributed by atoms with van der Waals surface area (Å²) in [5.74, 6) is 0.434. The monoisotopic (exact) mass is 311 g/mol. The van der Waals surface area contributed by atoms with Crippen LogP contribution in [0.15, 0.2) is 29.2 Å². The Morgan fingerprint density at radius 3 is 2.10 bits per heavy atom. The molecule has 1 heterocycles. The summed E-state index contributed by atoms with van der Waals surface area (Å²) < 4.78 is 26.7. The highest BCUT2D eigenvalue weighted by atomic mass is 32.2. The van der Waals surface area contributed by atoms with Crippen LogP contribution in [0.5, 0.6) is 0 Å². The van der Waals surface area contributed by atoms with Gasteiger partial charge in [-0.05, 0) is 44.0 Å². The predicted molar refractivity (Wildman–Crippen MR) is 85.9 cm³/mol. The average Bonchev–Trinajstić information content (AvgIpc) is 2.33. The van der Waals surface area contributed by atoms with Gasteiger partial charge in [0.15, 0.2) is 0 Å². The maximum atomic E-state index is 12.1. The van der Waals surface area contributed by atoms with Crippen molar-refractivity contribution in [2.75, 3.05) is 18.0 Å². The maximum absolute atomic E-state index is 12.1. The van der Waals surface area contributed by atoms with Crippen LogP contribution in [-0.4, -0.2) is 33.1 Å². The number of anilines is 1. The van der Waals surface area contributed by atoms with Crippen LogP contribution in [-0.2, 0) is 10.0 Å². The van der Waals surface area contributed by atoms with Crippen LogP contribution in [0.2, 0.25) is 0 Å². The summed E-state index contributed by atoms with van der Waals surface area (Å²) in [6.45, 7) is 9.48. The minimum Gasteiger partial charge on any atom is -0.368 e. The number of sulfonamides is 1. The first-order valence-electron chi connectivity index (χ1n) is 7.30. The lowest BCUT2D eigenvalue weighted by Gasteiger charge is -2.51. The summed E-state index contributed by atoms with van der Waals surface area (Å²) in [5.41, 5.74) is 7.16. The number of rotatable bonds is 5. The Morgan fingerprint density at radius 1 is 1.14 bits per heavy atom. The number of nitrogens with two attached hydrogens (primary N) is 1. The molecule has 0 unspecified atom stereocenters. The van der Waals surface area contributed by atoms with Crippen molar-refractivity contribution in [2.24, 2.45) is 11.7 Å². The molecule has 1 aliphatic rings. The van der Waals surface area contributed by atoms with Crippen molar-refractivity contribution < 1.29 is 8.42 Å². The Kier molecular flexibility index (Phi) is 4.33. The molecule has 21 heavy (non-hydrogen) atoms. The molecule has 1 saturated heterocycles. The van der Waals surface area contributed by atoms with Crippen molar-refractivity contribution >= 4 is 15.7 Å². The Labute approximate surface area is 127 Å². The molecule has 118 valence electrons. The van der Waals surface area contributed by atoms with E-state index in [1.54, 1.807) is 26.0 Å². The molecule has 3 N–H and O–H groups in total. The van der Waals surface area contributed by atoms with Crippen LogP contribution in [0.4, 0.5) is 5.69 Å². The molecule has 0 aromatic heterocycles. The van der Waals surface area contributed by atoms with Gasteiger partial charge in [0.25, 0.3) is 0 Å². The van der Waals surface area contributed by atoms with E-state index in [0.29, 0.717) is 10.8 Å². The first-order chi connectivity index (χ1) is 9.64. The number of nitrogens with zero attached hydrogens (tertiary/aromatic N) is 1. The molecule has 1 fully saturated rings. The van der Waals surface area contributed by atoms with Gasteiger partial charge in [-0.25, -0.2) is 13.1 Å². The van der Waals surface area contributed by atoms with Gasteiger partial charge in [0.05, 0.1) is 10.4 Å². The highest BCUT2D eigenvalue weighted by Crippen LogP contribution is 2.31. The first-order valence-corrected chi connectivity index (χ1v) is 8.78. The van der Waals surface area contributed by atoms with Gasteiger partial charge >= 0.3 is 0 Å². The summed E-state index contributed by atoms with van der Waals surface area (Å²) in [5, 5.41) is 0. The highest BCUT2D eigenvalue weighted by Gasteiger charge is 2.41. The van der Waals surface area contributed by atoms with Gasteiger partial charge in [-0.3, -0.25) is 0 Å². The Hall–Kier alpha value is -1.11. The van der Waals surface area contributed by atoms with Crippen molar-refractivity contribution in [3.8, 4) is 0 Å². The number of hydrogen-bond acceptors (Lipinski definition) is 4.